The van der Waals surface area contributed by atoms with Crippen LogP contribution in [0.2, 0.25) is 0 Å². The highest BCUT2D eigenvalue weighted by molar-refractivity contribution is 5.95. The second kappa shape index (κ2) is 6.81. The van der Waals surface area contributed by atoms with Crippen LogP contribution in [0.25, 0.3) is 0 Å². The first-order valence-electron chi connectivity index (χ1n) is 8.00. The van der Waals surface area contributed by atoms with E-state index in [2.05, 4.69) is 20.2 Å². The van der Waals surface area contributed by atoms with Crippen LogP contribution in [0, 0.1) is 19.8 Å². The normalized spacial score (nSPS) is 15.7. The van der Waals surface area contributed by atoms with E-state index < -0.39 is 0 Å². The molecular weight excluding hydrogens is 292 g/mol. The van der Waals surface area contributed by atoms with Crippen molar-refractivity contribution in [1.29, 1.82) is 0 Å². The molecule has 0 radical (unpaired) electrons. The first-order chi connectivity index (χ1) is 11.1. The van der Waals surface area contributed by atoms with Crippen molar-refractivity contribution in [2.75, 3.05) is 24.5 Å². The quantitative estimate of drug-likeness (QED) is 0.938. The summed E-state index contributed by atoms with van der Waals surface area (Å²) in [7, 11) is 0. The van der Waals surface area contributed by atoms with Crippen LogP contribution >= 0.6 is 0 Å². The minimum atomic E-state index is -0.0480. The van der Waals surface area contributed by atoms with Crippen LogP contribution in [0.15, 0.2) is 28.9 Å². The lowest BCUT2D eigenvalue weighted by Crippen LogP contribution is -2.39. The number of piperidine rings is 1. The summed E-state index contributed by atoms with van der Waals surface area (Å²) in [6.07, 6.45) is 5.59. The van der Waals surface area contributed by atoms with Gasteiger partial charge in [-0.2, -0.15) is 0 Å². The summed E-state index contributed by atoms with van der Waals surface area (Å²) in [6.45, 7) is 6.22. The van der Waals surface area contributed by atoms with Crippen LogP contribution in [0.4, 0.5) is 5.95 Å². The molecular formula is C17H22N4O2. The van der Waals surface area contributed by atoms with Crippen molar-refractivity contribution in [3.05, 3.63) is 41.6 Å². The molecule has 0 spiro atoms. The molecule has 3 heterocycles. The van der Waals surface area contributed by atoms with E-state index >= 15 is 0 Å². The number of nitrogens with one attached hydrogen (secondary N) is 1. The van der Waals surface area contributed by atoms with Gasteiger partial charge in [-0.1, -0.05) is 0 Å². The molecule has 23 heavy (non-hydrogen) atoms. The Labute approximate surface area is 135 Å². The Bertz CT molecular complexity index is 660. The van der Waals surface area contributed by atoms with Crippen LogP contribution in [-0.2, 0) is 0 Å². The topological polar surface area (TPSA) is 71.3 Å². The van der Waals surface area contributed by atoms with Crippen molar-refractivity contribution in [2.45, 2.75) is 26.7 Å². The summed E-state index contributed by atoms with van der Waals surface area (Å²) < 4.78 is 5.41. The largest absolute Gasteiger partial charge is 0.466 e. The van der Waals surface area contributed by atoms with Gasteiger partial charge in [0.1, 0.15) is 11.5 Å². The first kappa shape index (κ1) is 15.5. The molecule has 1 aliphatic rings. The SMILES string of the molecule is Cc1cc(C(=O)NCC2CCN(c3ncccn3)CC2)c(C)o1. The number of hydrogen-bond donors (Lipinski definition) is 1. The van der Waals surface area contributed by atoms with Gasteiger partial charge in [0.15, 0.2) is 0 Å². The van der Waals surface area contributed by atoms with Gasteiger partial charge in [0.05, 0.1) is 5.56 Å². The molecule has 6 nitrogen and oxygen atoms in total. The Morgan fingerprint density at radius 2 is 2.00 bits per heavy atom. The van der Waals surface area contributed by atoms with Crippen LogP contribution in [0.5, 0.6) is 0 Å². The molecule has 0 aromatic carbocycles. The predicted octanol–water partition coefficient (Wildman–Crippen LogP) is 2.33. The van der Waals surface area contributed by atoms with E-state index in [-0.39, 0.29) is 5.91 Å². The van der Waals surface area contributed by atoms with Crippen molar-refractivity contribution in [3.8, 4) is 0 Å². The summed E-state index contributed by atoms with van der Waals surface area (Å²) in [5.41, 5.74) is 0.637. The van der Waals surface area contributed by atoms with Crippen molar-refractivity contribution >= 4 is 11.9 Å². The maximum Gasteiger partial charge on any atom is 0.254 e. The Balaban J connectivity index is 1.48. The van der Waals surface area contributed by atoms with Gasteiger partial charge in [-0.15, -0.1) is 0 Å². The molecule has 0 atom stereocenters. The summed E-state index contributed by atoms with van der Waals surface area (Å²) >= 11 is 0. The van der Waals surface area contributed by atoms with Gasteiger partial charge in [0, 0.05) is 32.0 Å². The maximum absolute atomic E-state index is 12.2. The molecule has 1 N–H and O–H groups in total. The second-order valence-electron chi connectivity index (χ2n) is 6.02. The second-order valence-corrected chi connectivity index (χ2v) is 6.02. The van der Waals surface area contributed by atoms with Crippen molar-refractivity contribution in [2.24, 2.45) is 5.92 Å². The van der Waals surface area contributed by atoms with Gasteiger partial charge >= 0.3 is 0 Å². The van der Waals surface area contributed by atoms with Gasteiger partial charge in [0.2, 0.25) is 5.95 Å². The number of amides is 1. The molecule has 122 valence electrons. The van der Waals surface area contributed by atoms with Gasteiger partial charge in [-0.25, -0.2) is 9.97 Å². The average Bonchev–Trinajstić information content (AvgIpc) is 2.92. The minimum Gasteiger partial charge on any atom is -0.466 e. The number of carbonyl (C=O) groups is 1. The molecule has 0 unspecified atom stereocenters. The zero-order chi connectivity index (χ0) is 16.2. The van der Waals surface area contributed by atoms with Crippen LogP contribution < -0.4 is 10.2 Å². The summed E-state index contributed by atoms with van der Waals surface area (Å²) in [6, 6.07) is 3.62. The number of aryl methyl sites for hydroxylation is 2. The molecule has 1 saturated heterocycles. The van der Waals surface area contributed by atoms with E-state index in [4.69, 9.17) is 4.42 Å². The number of furan rings is 1. The molecule has 2 aromatic heterocycles. The predicted molar refractivity (Wildman–Crippen MR) is 87.5 cm³/mol. The van der Waals surface area contributed by atoms with E-state index in [0.29, 0.717) is 23.8 Å². The molecule has 6 heteroatoms. The van der Waals surface area contributed by atoms with E-state index in [0.717, 1.165) is 37.6 Å². The highest BCUT2D eigenvalue weighted by Gasteiger charge is 2.22. The van der Waals surface area contributed by atoms with Gasteiger partial charge in [-0.05, 0) is 44.7 Å². The van der Waals surface area contributed by atoms with Crippen molar-refractivity contribution in [3.63, 3.8) is 0 Å². The number of carbonyl (C=O) groups excluding carboxylic acids is 1. The van der Waals surface area contributed by atoms with Crippen molar-refractivity contribution in [1.82, 2.24) is 15.3 Å². The first-order valence-corrected chi connectivity index (χ1v) is 8.00. The molecule has 3 rings (SSSR count). The lowest BCUT2D eigenvalue weighted by atomic mass is 9.97. The highest BCUT2D eigenvalue weighted by atomic mass is 16.3. The van der Waals surface area contributed by atoms with E-state index in [1.807, 2.05) is 19.9 Å². The fourth-order valence-electron chi connectivity index (χ4n) is 2.98. The minimum absolute atomic E-state index is 0.0480. The van der Waals surface area contributed by atoms with Crippen molar-refractivity contribution < 1.29 is 9.21 Å². The number of anilines is 1. The molecule has 1 amide bonds. The lowest BCUT2D eigenvalue weighted by molar-refractivity contribution is 0.0943. The van der Waals surface area contributed by atoms with Gasteiger partial charge in [-0.3, -0.25) is 4.79 Å². The Hall–Kier alpha value is -2.37. The third-order valence-corrected chi connectivity index (χ3v) is 4.29. The molecule has 0 bridgehead atoms. The zero-order valence-corrected chi connectivity index (χ0v) is 13.6. The summed E-state index contributed by atoms with van der Waals surface area (Å²) in [5, 5.41) is 3.03. The fourth-order valence-corrected chi connectivity index (χ4v) is 2.98. The van der Waals surface area contributed by atoms with Crippen LogP contribution in [0.1, 0.15) is 34.7 Å². The third-order valence-electron chi connectivity index (χ3n) is 4.29. The Morgan fingerprint density at radius 1 is 1.30 bits per heavy atom. The number of rotatable bonds is 4. The summed E-state index contributed by atoms with van der Waals surface area (Å²) in [5.74, 6) is 2.68. The van der Waals surface area contributed by atoms with Gasteiger partial charge < -0.3 is 14.6 Å². The highest BCUT2D eigenvalue weighted by Crippen LogP contribution is 2.20. The van der Waals surface area contributed by atoms with E-state index in [1.165, 1.54) is 0 Å². The third kappa shape index (κ3) is 3.70. The van der Waals surface area contributed by atoms with E-state index in [1.54, 1.807) is 18.5 Å². The fraction of sp³-hybridized carbons (Fsp3) is 0.471. The lowest BCUT2D eigenvalue weighted by Gasteiger charge is -2.31. The number of aromatic nitrogens is 2. The summed E-state index contributed by atoms with van der Waals surface area (Å²) in [4.78, 5) is 23.0. The monoisotopic (exact) mass is 314 g/mol. The molecule has 1 aliphatic heterocycles. The maximum atomic E-state index is 12.2. The number of nitrogens with zero attached hydrogens (tertiary/aromatic N) is 3. The molecule has 0 saturated carbocycles. The zero-order valence-electron chi connectivity index (χ0n) is 13.6. The Morgan fingerprint density at radius 3 is 2.61 bits per heavy atom. The Kier molecular flexibility index (Phi) is 4.60. The van der Waals surface area contributed by atoms with E-state index in [9.17, 15) is 4.79 Å². The average molecular weight is 314 g/mol. The van der Waals surface area contributed by atoms with Crippen LogP contribution in [-0.4, -0.2) is 35.5 Å². The number of hydrogen-bond acceptors (Lipinski definition) is 5. The molecule has 2 aromatic rings. The van der Waals surface area contributed by atoms with Crippen LogP contribution in [0.3, 0.4) is 0 Å². The smallest absolute Gasteiger partial charge is 0.254 e. The molecule has 1 fully saturated rings. The standard InChI is InChI=1S/C17H22N4O2/c1-12-10-15(13(2)23-12)16(22)20-11-14-4-8-21(9-5-14)17-18-6-3-7-19-17/h3,6-7,10,14H,4-5,8-9,11H2,1-2H3,(H,20,22). The molecule has 0 aliphatic carbocycles. The van der Waals surface area contributed by atoms with Gasteiger partial charge in [0.25, 0.3) is 5.91 Å².